The third kappa shape index (κ3) is 25.5. The van der Waals surface area contributed by atoms with Crippen LogP contribution in [0.4, 0.5) is 165 Å². The van der Waals surface area contributed by atoms with Gasteiger partial charge in [-0.3, -0.25) is 24.0 Å². The number of rotatable bonds is 20. The number of hydrogen-bond acceptors (Lipinski definition) is 31. The van der Waals surface area contributed by atoms with Crippen molar-refractivity contribution in [1.29, 1.82) is 0 Å². The molecule has 6 saturated heterocycles. The minimum absolute atomic E-state index is 0.0332. The van der Waals surface area contributed by atoms with Crippen molar-refractivity contribution in [1.82, 2.24) is 0 Å². The summed E-state index contributed by atoms with van der Waals surface area (Å²) < 4.78 is 480. The molecule has 0 N–H and O–H groups in total. The SMILES string of the molecule is CC1(C(=O)Oc2c(F)c(F)c(F)c(F)c2F)COC(=O)OC1.CC1(CCC(=O)Oc2c(F)c(F)c(F)c(F)c2F)COC(=O)OC1.CCC1(C(=O)Oc2c(F)c(F)c(F)c(F)c2F)COC(=O)OC1.CCCC1(C(=O)Oc2c(F)c(F)c(F)c(F)c2F)COC(=O)OC1.CCCCC1(C(=O)Oc2c(F)c(F)c(F)c(F)c2F)COC(=O)OC1.O=C1OCC(OC(=O)Oc2c(F)c(F)c(F)c(F)c2F)CO1. The Morgan fingerprint density at radius 1 is 0.257 bits per heavy atom. The van der Waals surface area contributed by atoms with Gasteiger partial charge in [0.1, 0.15) is 101 Å². The Morgan fingerprint density at radius 3 is 0.750 bits per heavy atom. The van der Waals surface area contributed by atoms with Crippen LogP contribution in [0.25, 0.3) is 0 Å². The van der Waals surface area contributed by atoms with Gasteiger partial charge in [-0.25, -0.2) is 113 Å². The molecule has 6 aromatic carbocycles. The van der Waals surface area contributed by atoms with Gasteiger partial charge in [0.25, 0.3) is 0 Å². The van der Waals surface area contributed by atoms with Crippen molar-refractivity contribution in [2.45, 2.75) is 92.1 Å². The van der Waals surface area contributed by atoms with Crippen LogP contribution in [-0.2, 0) is 85.6 Å². The highest BCUT2D eigenvalue weighted by atomic mass is 19.2. The Morgan fingerprint density at radius 2 is 0.479 bits per heavy atom. The minimum atomic E-state index is -2.40. The van der Waals surface area contributed by atoms with Crippen molar-refractivity contribution in [3.05, 3.63) is 175 Å². The molecule has 0 aliphatic carbocycles. The van der Waals surface area contributed by atoms with E-state index in [2.05, 4.69) is 90.0 Å². The second-order valence-electron chi connectivity index (χ2n) is 29.4. The largest absolute Gasteiger partial charge is 0.514 e. The van der Waals surface area contributed by atoms with Gasteiger partial charge in [-0.15, -0.1) is 0 Å². The maximum absolute atomic E-state index is 13.7. The van der Waals surface area contributed by atoms with Crippen LogP contribution in [0.5, 0.6) is 34.5 Å². The zero-order valence-electron chi connectivity index (χ0n) is 70.2. The lowest BCUT2D eigenvalue weighted by molar-refractivity contribution is -0.160. The van der Waals surface area contributed by atoms with Gasteiger partial charge >= 0.3 is 72.9 Å². The summed E-state index contributed by atoms with van der Waals surface area (Å²) in [6.45, 7) is 2.60. The molecule has 0 amide bonds. The van der Waals surface area contributed by atoms with Crippen molar-refractivity contribution in [2.75, 3.05) is 79.3 Å². The lowest BCUT2D eigenvalue weighted by atomic mass is 9.84. The van der Waals surface area contributed by atoms with Crippen molar-refractivity contribution in [3.63, 3.8) is 0 Å². The highest BCUT2D eigenvalue weighted by Crippen LogP contribution is 2.42. The molecule has 0 radical (unpaired) electrons. The van der Waals surface area contributed by atoms with Gasteiger partial charge < -0.3 is 90.0 Å². The first-order valence-electron chi connectivity index (χ1n) is 38.2. The Kier molecular flexibility index (Phi) is 37.5. The van der Waals surface area contributed by atoms with E-state index in [-0.39, 0.29) is 38.9 Å². The first-order valence-corrected chi connectivity index (χ1v) is 38.2. The van der Waals surface area contributed by atoms with Gasteiger partial charge in [0.05, 0.1) is 0 Å². The molecule has 6 fully saturated rings. The van der Waals surface area contributed by atoms with Crippen molar-refractivity contribution >= 4 is 72.9 Å². The van der Waals surface area contributed by atoms with E-state index in [1.807, 2.05) is 0 Å². The molecule has 0 unspecified atom stereocenters. The molecule has 6 aliphatic heterocycles. The van der Waals surface area contributed by atoms with Crippen LogP contribution in [0.15, 0.2) is 0 Å². The number of ether oxygens (including phenoxy) is 19. The Balaban J connectivity index is 0.000000229. The predicted octanol–water partition coefficient (Wildman–Crippen LogP) is 17.9. The number of carbonyl (C=O) groups excluding carboxylic acids is 12. The zero-order chi connectivity index (χ0) is 105. The van der Waals surface area contributed by atoms with E-state index >= 15 is 0 Å². The molecule has 61 heteroatoms. The van der Waals surface area contributed by atoms with Crippen LogP contribution in [-0.4, -0.2) is 158 Å². The maximum Gasteiger partial charge on any atom is 0.514 e. The van der Waals surface area contributed by atoms with E-state index in [0.29, 0.717) is 19.3 Å². The highest BCUT2D eigenvalue weighted by Gasteiger charge is 2.52. The topological polar surface area (TPSA) is 380 Å². The first-order chi connectivity index (χ1) is 65.3. The number of halogens is 30. The smallest absolute Gasteiger partial charge is 0.434 e. The van der Waals surface area contributed by atoms with Crippen molar-refractivity contribution in [3.8, 4) is 34.5 Å². The number of hydrogen-bond donors (Lipinski definition) is 0. The monoisotopic (exact) mass is 2070 g/mol. The standard InChI is InChI=1S/C15H13F5O5.2C14H11F5O5.C13H9F5O5.C12H7F5O5.C11H5F5O6/c1-2-3-4-15(5-23-14(22)24-6-15)13(21)25-12-10(19)8(17)7(16)9(18)11(12)20;1-14(4-22-13(21)23-5-14)3-2-6(20)24-12-10(18)8(16)7(15)9(17)11(12)19;1-2-3-14(4-22-13(21)23-5-14)12(20)24-11-9(18)7(16)6(15)8(17)10(11)19;1-2-13(3-21-12(20)22-4-13)11(19)23-10-8(17)6(15)5(14)7(16)9(10)18;1-12(2-20-11(19)21-3-12)10(18)22-9-7(16)5(14)4(13)6(15)8(9)17;12-4-5(13)7(15)9(8(16)6(4)14)22-11(18)21-3-1-19-10(17)20-2-3/h2-6H2,1H3;2*2-5H2,1H3;2-4H2,1H3;2-3H2,1H3;3H,1-2H2. The summed E-state index contributed by atoms with van der Waals surface area (Å²) in [4.78, 5) is 136. The van der Waals surface area contributed by atoms with Crippen LogP contribution in [0.3, 0.4) is 0 Å². The number of esters is 5. The van der Waals surface area contributed by atoms with Gasteiger partial charge in [-0.05, 0) is 32.6 Å². The number of benzene rings is 6. The summed E-state index contributed by atoms with van der Waals surface area (Å²) in [5.74, 6) is -85.5. The Bertz CT molecular complexity index is 5610. The van der Waals surface area contributed by atoms with Gasteiger partial charge in [0.2, 0.25) is 209 Å². The summed E-state index contributed by atoms with van der Waals surface area (Å²) in [6.07, 6.45) is -7.93. The third-order valence-corrected chi connectivity index (χ3v) is 19.3. The summed E-state index contributed by atoms with van der Waals surface area (Å²) in [6, 6.07) is 0. The first kappa shape index (κ1) is 112. The van der Waals surface area contributed by atoms with Crippen LogP contribution in [0.2, 0.25) is 0 Å². The Labute approximate surface area is 757 Å². The second-order valence-corrected chi connectivity index (χ2v) is 29.4. The number of cyclic esters (lactones) is 12. The van der Waals surface area contributed by atoms with Crippen LogP contribution in [0, 0.1) is 202 Å². The van der Waals surface area contributed by atoms with E-state index < -0.39 is 388 Å². The molecule has 0 bridgehead atoms. The molecule has 0 spiro atoms. The van der Waals surface area contributed by atoms with E-state index in [9.17, 15) is 189 Å². The molecule has 6 aliphatic rings. The summed E-state index contributed by atoms with van der Waals surface area (Å²) in [7, 11) is 0. The fourth-order valence-corrected chi connectivity index (χ4v) is 11.1. The van der Waals surface area contributed by atoms with Crippen molar-refractivity contribution < 1.29 is 279 Å². The van der Waals surface area contributed by atoms with Crippen LogP contribution in [0.1, 0.15) is 86.0 Å². The summed E-state index contributed by atoms with van der Waals surface area (Å²) in [5, 5.41) is 0. The van der Waals surface area contributed by atoms with Gasteiger partial charge in [-0.1, -0.05) is 47.0 Å². The van der Waals surface area contributed by atoms with Gasteiger partial charge in [-0.2, -0.15) is 52.7 Å². The van der Waals surface area contributed by atoms with E-state index in [0.717, 1.165) is 6.92 Å². The van der Waals surface area contributed by atoms with Crippen LogP contribution >= 0.6 is 0 Å². The average molecular weight is 2070 g/mol. The molecule has 6 heterocycles. The lowest BCUT2D eigenvalue weighted by Crippen LogP contribution is -2.47. The Hall–Kier alpha value is -14.5. The van der Waals surface area contributed by atoms with E-state index in [4.69, 9.17) is 0 Å². The van der Waals surface area contributed by atoms with E-state index in [1.165, 1.54) is 6.92 Å². The molecular weight excluding hydrogens is 2010 g/mol. The molecule has 31 nitrogen and oxygen atoms in total. The molecular formula is C79H56F30O31. The van der Waals surface area contributed by atoms with Crippen LogP contribution < -0.4 is 28.4 Å². The third-order valence-electron chi connectivity index (χ3n) is 19.3. The zero-order valence-corrected chi connectivity index (χ0v) is 70.2. The summed E-state index contributed by atoms with van der Waals surface area (Å²) >= 11 is 0. The quantitative estimate of drug-likeness (QED) is 0.0130. The molecule has 6 aromatic rings. The molecule has 0 aromatic heterocycles. The second kappa shape index (κ2) is 46.7. The van der Waals surface area contributed by atoms with E-state index in [1.54, 1.807) is 20.8 Å². The number of unbranched alkanes of at least 4 members (excludes halogenated alkanes) is 1. The normalized spacial score (nSPS) is 16.2. The maximum atomic E-state index is 13.7. The predicted molar refractivity (Wildman–Crippen MR) is 378 cm³/mol. The fraction of sp³-hybridized carbons (Fsp3) is 0.392. The average Bonchev–Trinajstić information content (AvgIpc) is 0.785. The minimum Gasteiger partial charge on any atom is -0.434 e. The van der Waals surface area contributed by atoms with Crippen molar-refractivity contribution in [2.24, 2.45) is 27.1 Å². The molecule has 12 rings (SSSR count). The molecule has 0 atom stereocenters. The fourth-order valence-electron chi connectivity index (χ4n) is 11.1. The molecule has 768 valence electrons. The van der Waals surface area contributed by atoms with Gasteiger partial charge in [0.15, 0.2) is 6.10 Å². The highest BCUT2D eigenvalue weighted by molar-refractivity contribution is 5.84. The number of carbonyl (C=O) groups is 12. The summed E-state index contributed by atoms with van der Waals surface area (Å²) in [5.41, 5.74) is -7.24. The van der Waals surface area contributed by atoms with Gasteiger partial charge in [0, 0.05) is 11.8 Å². The molecule has 140 heavy (non-hydrogen) atoms. The molecule has 0 saturated carbocycles. The lowest BCUT2D eigenvalue weighted by Gasteiger charge is -2.33.